The predicted octanol–water partition coefficient (Wildman–Crippen LogP) is 3.57. The van der Waals surface area contributed by atoms with Crippen LogP contribution >= 0.6 is 0 Å². The Morgan fingerprint density at radius 2 is 1.88 bits per heavy atom. The van der Waals surface area contributed by atoms with Crippen LogP contribution in [0.3, 0.4) is 0 Å². The molecule has 1 atom stereocenters. The van der Waals surface area contributed by atoms with Gasteiger partial charge in [0, 0.05) is 24.6 Å². The van der Waals surface area contributed by atoms with Crippen LogP contribution in [-0.4, -0.2) is 21.6 Å². The number of nitrogens with zero attached hydrogens (tertiary/aromatic N) is 2. The van der Waals surface area contributed by atoms with Crippen molar-refractivity contribution in [3.05, 3.63) is 77.9 Å². The molecule has 0 spiro atoms. The molecule has 0 aliphatic heterocycles. The SMILES string of the molecule is Cc1ccccc1O[C@H](C)C(=O)NCc1ccc(-n2ccnc2C)cc1. The van der Waals surface area contributed by atoms with Crippen LogP contribution in [0.25, 0.3) is 5.69 Å². The summed E-state index contributed by atoms with van der Waals surface area (Å²) < 4.78 is 7.77. The van der Waals surface area contributed by atoms with Crippen molar-refractivity contribution in [3.63, 3.8) is 0 Å². The van der Waals surface area contributed by atoms with Crippen LogP contribution in [0.2, 0.25) is 0 Å². The maximum Gasteiger partial charge on any atom is 0.261 e. The van der Waals surface area contributed by atoms with Crippen LogP contribution in [0.15, 0.2) is 60.9 Å². The molecule has 0 fully saturated rings. The van der Waals surface area contributed by atoms with E-state index in [2.05, 4.69) is 10.3 Å². The fourth-order valence-electron chi connectivity index (χ4n) is 2.69. The number of hydrogen-bond donors (Lipinski definition) is 1. The van der Waals surface area contributed by atoms with E-state index in [9.17, 15) is 4.79 Å². The highest BCUT2D eigenvalue weighted by Crippen LogP contribution is 2.18. The van der Waals surface area contributed by atoms with Crippen LogP contribution in [0, 0.1) is 13.8 Å². The summed E-state index contributed by atoms with van der Waals surface area (Å²) in [5, 5.41) is 2.92. The van der Waals surface area contributed by atoms with E-state index in [1.807, 2.05) is 73.1 Å². The number of para-hydroxylation sites is 1. The van der Waals surface area contributed by atoms with Gasteiger partial charge in [0.25, 0.3) is 5.91 Å². The quantitative estimate of drug-likeness (QED) is 0.740. The van der Waals surface area contributed by atoms with E-state index in [0.29, 0.717) is 6.54 Å². The third kappa shape index (κ3) is 4.11. The number of benzene rings is 2. The molecule has 1 heterocycles. The van der Waals surface area contributed by atoms with Gasteiger partial charge in [0.15, 0.2) is 6.10 Å². The van der Waals surface area contributed by atoms with E-state index < -0.39 is 6.10 Å². The number of amides is 1. The molecule has 2 aromatic carbocycles. The van der Waals surface area contributed by atoms with Gasteiger partial charge in [-0.2, -0.15) is 0 Å². The summed E-state index contributed by atoms with van der Waals surface area (Å²) in [7, 11) is 0. The first-order valence-electron chi connectivity index (χ1n) is 8.64. The van der Waals surface area contributed by atoms with Gasteiger partial charge >= 0.3 is 0 Å². The Morgan fingerprint density at radius 1 is 1.15 bits per heavy atom. The van der Waals surface area contributed by atoms with Crippen molar-refractivity contribution < 1.29 is 9.53 Å². The van der Waals surface area contributed by atoms with Gasteiger partial charge in [-0.3, -0.25) is 4.79 Å². The molecule has 0 bridgehead atoms. The van der Waals surface area contributed by atoms with Crippen LogP contribution < -0.4 is 10.1 Å². The van der Waals surface area contributed by atoms with Crippen molar-refractivity contribution in [3.8, 4) is 11.4 Å². The number of rotatable bonds is 6. The summed E-state index contributed by atoms with van der Waals surface area (Å²) in [6.07, 6.45) is 3.15. The van der Waals surface area contributed by atoms with Gasteiger partial charge in [-0.15, -0.1) is 0 Å². The number of carbonyl (C=O) groups excluding carboxylic acids is 1. The van der Waals surface area contributed by atoms with Crippen LogP contribution in [-0.2, 0) is 11.3 Å². The molecule has 0 aliphatic carbocycles. The number of aryl methyl sites for hydroxylation is 2. The molecule has 0 saturated carbocycles. The molecule has 0 radical (unpaired) electrons. The summed E-state index contributed by atoms with van der Waals surface area (Å²) in [4.78, 5) is 16.5. The lowest BCUT2D eigenvalue weighted by atomic mass is 10.2. The van der Waals surface area contributed by atoms with Gasteiger partial charge < -0.3 is 14.6 Å². The molecular formula is C21H23N3O2. The van der Waals surface area contributed by atoms with Crippen molar-refractivity contribution in [2.45, 2.75) is 33.4 Å². The fourth-order valence-corrected chi connectivity index (χ4v) is 2.69. The van der Waals surface area contributed by atoms with Gasteiger partial charge in [-0.1, -0.05) is 30.3 Å². The molecule has 3 aromatic rings. The summed E-state index contributed by atoms with van der Waals surface area (Å²) in [5.74, 6) is 1.53. The third-order valence-corrected chi connectivity index (χ3v) is 4.27. The molecule has 3 rings (SSSR count). The van der Waals surface area contributed by atoms with E-state index in [4.69, 9.17) is 4.74 Å². The zero-order valence-corrected chi connectivity index (χ0v) is 15.3. The number of imidazole rings is 1. The van der Waals surface area contributed by atoms with Crippen LogP contribution in [0.4, 0.5) is 0 Å². The molecule has 1 aromatic heterocycles. The standard InChI is InChI=1S/C21H23N3O2/c1-15-6-4-5-7-20(15)26-16(2)21(25)23-14-18-8-10-19(11-9-18)24-13-12-22-17(24)3/h4-13,16H,14H2,1-3H3,(H,23,25)/t16-/m1/s1. The van der Waals surface area contributed by atoms with Crippen molar-refractivity contribution in [2.24, 2.45) is 0 Å². The number of nitrogens with one attached hydrogen (secondary N) is 1. The van der Waals surface area contributed by atoms with Crippen molar-refractivity contribution >= 4 is 5.91 Å². The molecule has 0 saturated heterocycles. The Morgan fingerprint density at radius 3 is 2.54 bits per heavy atom. The van der Waals surface area contributed by atoms with Crippen molar-refractivity contribution in [1.29, 1.82) is 0 Å². The lowest BCUT2D eigenvalue weighted by Gasteiger charge is -2.16. The maximum absolute atomic E-state index is 12.3. The molecule has 5 nitrogen and oxygen atoms in total. The zero-order chi connectivity index (χ0) is 18.5. The number of aromatic nitrogens is 2. The summed E-state index contributed by atoms with van der Waals surface area (Å²) >= 11 is 0. The monoisotopic (exact) mass is 349 g/mol. The maximum atomic E-state index is 12.3. The molecule has 26 heavy (non-hydrogen) atoms. The van der Waals surface area contributed by atoms with Crippen LogP contribution in [0.5, 0.6) is 5.75 Å². The van der Waals surface area contributed by atoms with E-state index >= 15 is 0 Å². The fraction of sp³-hybridized carbons (Fsp3) is 0.238. The topological polar surface area (TPSA) is 56.1 Å². The van der Waals surface area contributed by atoms with Gasteiger partial charge in [0.05, 0.1) is 0 Å². The summed E-state index contributed by atoms with van der Waals surface area (Å²) in [6, 6.07) is 15.7. The Hall–Kier alpha value is -3.08. The van der Waals surface area contributed by atoms with Crippen LogP contribution in [0.1, 0.15) is 23.9 Å². The molecule has 0 aliphatic rings. The van der Waals surface area contributed by atoms with Crippen molar-refractivity contribution in [1.82, 2.24) is 14.9 Å². The highest BCUT2D eigenvalue weighted by Gasteiger charge is 2.15. The van der Waals surface area contributed by atoms with Gasteiger partial charge in [-0.05, 0) is 50.1 Å². The highest BCUT2D eigenvalue weighted by atomic mass is 16.5. The third-order valence-electron chi connectivity index (χ3n) is 4.27. The predicted molar refractivity (Wildman–Crippen MR) is 101 cm³/mol. The van der Waals surface area contributed by atoms with Gasteiger partial charge in [0.2, 0.25) is 0 Å². The van der Waals surface area contributed by atoms with E-state index in [0.717, 1.165) is 28.4 Å². The normalized spacial score (nSPS) is 11.8. The number of carbonyl (C=O) groups is 1. The average Bonchev–Trinajstić information content (AvgIpc) is 3.08. The second-order valence-corrected chi connectivity index (χ2v) is 6.25. The molecule has 1 amide bonds. The molecule has 0 unspecified atom stereocenters. The van der Waals surface area contributed by atoms with E-state index in [-0.39, 0.29) is 5.91 Å². The molecule has 134 valence electrons. The minimum Gasteiger partial charge on any atom is -0.481 e. The zero-order valence-electron chi connectivity index (χ0n) is 15.3. The first-order valence-corrected chi connectivity index (χ1v) is 8.64. The molecule has 5 heteroatoms. The lowest BCUT2D eigenvalue weighted by Crippen LogP contribution is -2.36. The largest absolute Gasteiger partial charge is 0.481 e. The second kappa shape index (κ2) is 7.87. The second-order valence-electron chi connectivity index (χ2n) is 6.25. The summed E-state index contributed by atoms with van der Waals surface area (Å²) in [6.45, 7) is 6.14. The Bertz CT molecular complexity index is 884. The number of ether oxygens (including phenoxy) is 1. The van der Waals surface area contributed by atoms with Gasteiger partial charge in [0.1, 0.15) is 11.6 Å². The Labute approximate surface area is 153 Å². The minimum atomic E-state index is -0.552. The highest BCUT2D eigenvalue weighted by molar-refractivity contribution is 5.80. The Kier molecular flexibility index (Phi) is 5.37. The molecule has 1 N–H and O–H groups in total. The van der Waals surface area contributed by atoms with E-state index in [1.165, 1.54) is 0 Å². The Balaban J connectivity index is 1.56. The van der Waals surface area contributed by atoms with Gasteiger partial charge in [-0.25, -0.2) is 4.98 Å². The number of hydrogen-bond acceptors (Lipinski definition) is 3. The first kappa shape index (κ1) is 17.7. The minimum absolute atomic E-state index is 0.136. The average molecular weight is 349 g/mol. The van der Waals surface area contributed by atoms with E-state index in [1.54, 1.807) is 13.1 Å². The lowest BCUT2D eigenvalue weighted by molar-refractivity contribution is -0.127. The molecular weight excluding hydrogens is 326 g/mol. The summed E-state index contributed by atoms with van der Waals surface area (Å²) in [5.41, 5.74) is 3.09. The van der Waals surface area contributed by atoms with Crippen molar-refractivity contribution in [2.75, 3.05) is 0 Å². The first-order chi connectivity index (χ1) is 12.5. The smallest absolute Gasteiger partial charge is 0.261 e.